The van der Waals surface area contributed by atoms with E-state index < -0.39 is 0 Å². The molecule has 2 rings (SSSR count). The molecule has 0 amide bonds. The quantitative estimate of drug-likeness (QED) is 0.788. The minimum absolute atomic E-state index is 0.0843. The van der Waals surface area contributed by atoms with Gasteiger partial charge in [-0.1, -0.05) is 20.8 Å². The molecule has 0 atom stereocenters. The molecule has 1 heterocycles. The van der Waals surface area contributed by atoms with Crippen LogP contribution in [0.3, 0.4) is 0 Å². The lowest BCUT2D eigenvalue weighted by Crippen LogP contribution is -2.34. The van der Waals surface area contributed by atoms with Gasteiger partial charge in [-0.2, -0.15) is 0 Å². The van der Waals surface area contributed by atoms with Gasteiger partial charge in [0.1, 0.15) is 10.6 Å². The van der Waals surface area contributed by atoms with E-state index in [0.29, 0.717) is 5.92 Å². The van der Waals surface area contributed by atoms with Gasteiger partial charge in [0.2, 0.25) is 0 Å². The lowest BCUT2D eigenvalue weighted by molar-refractivity contribution is -0.0777. The normalized spacial score (nSPS) is 28.8. The van der Waals surface area contributed by atoms with Crippen molar-refractivity contribution < 1.29 is 4.74 Å². The third-order valence-electron chi connectivity index (χ3n) is 4.01. The van der Waals surface area contributed by atoms with Crippen LogP contribution in [0, 0.1) is 5.92 Å². The molecule has 0 spiro atoms. The molecule has 1 aromatic rings. The highest BCUT2D eigenvalue weighted by Crippen LogP contribution is 2.43. The van der Waals surface area contributed by atoms with E-state index in [1.54, 1.807) is 11.3 Å². The largest absolute Gasteiger partial charge is 0.368 e. The zero-order valence-electron chi connectivity index (χ0n) is 12.0. The van der Waals surface area contributed by atoms with Crippen LogP contribution in [-0.4, -0.2) is 11.6 Å². The fourth-order valence-corrected chi connectivity index (χ4v) is 3.88. The van der Waals surface area contributed by atoms with E-state index in [0.717, 1.165) is 25.4 Å². The van der Waals surface area contributed by atoms with E-state index in [1.807, 2.05) is 0 Å². The van der Waals surface area contributed by atoms with Crippen LogP contribution >= 0.6 is 11.3 Å². The third kappa shape index (κ3) is 2.77. The summed E-state index contributed by atoms with van der Waals surface area (Å²) in [5, 5.41) is 3.42. The zero-order valence-corrected chi connectivity index (χ0v) is 12.8. The molecular formula is C15H25NOS. The smallest absolute Gasteiger partial charge is 0.125 e. The lowest BCUT2D eigenvalue weighted by atomic mass is 9.79. The second-order valence-electron chi connectivity index (χ2n) is 5.84. The van der Waals surface area contributed by atoms with Crippen LogP contribution in [0.2, 0.25) is 0 Å². The first-order valence-electron chi connectivity index (χ1n) is 7.17. The highest BCUT2D eigenvalue weighted by atomic mass is 32.1. The van der Waals surface area contributed by atoms with Crippen molar-refractivity contribution in [2.45, 2.75) is 64.9 Å². The number of rotatable bonds is 4. The van der Waals surface area contributed by atoms with Crippen molar-refractivity contribution in [2.75, 3.05) is 6.61 Å². The van der Waals surface area contributed by atoms with Gasteiger partial charge < -0.3 is 4.74 Å². The second-order valence-corrected chi connectivity index (χ2v) is 6.70. The van der Waals surface area contributed by atoms with Gasteiger partial charge >= 0.3 is 0 Å². The molecule has 3 heteroatoms. The molecular weight excluding hydrogens is 242 g/mol. The third-order valence-corrected chi connectivity index (χ3v) is 5.05. The van der Waals surface area contributed by atoms with Crippen LogP contribution in [0.15, 0.2) is 5.38 Å². The van der Waals surface area contributed by atoms with Gasteiger partial charge in [0.15, 0.2) is 0 Å². The summed E-state index contributed by atoms with van der Waals surface area (Å²) in [6.45, 7) is 9.63. The molecule has 102 valence electrons. The number of hydrogen-bond donors (Lipinski definition) is 0. The summed E-state index contributed by atoms with van der Waals surface area (Å²) in [7, 11) is 0. The summed E-state index contributed by atoms with van der Waals surface area (Å²) >= 11 is 1.79. The summed E-state index contributed by atoms with van der Waals surface area (Å²) in [5.74, 6) is 1.35. The van der Waals surface area contributed by atoms with Crippen LogP contribution in [0.1, 0.15) is 70.0 Å². The minimum Gasteiger partial charge on any atom is -0.368 e. The molecule has 1 fully saturated rings. The first-order chi connectivity index (χ1) is 8.57. The molecule has 1 aromatic heterocycles. The van der Waals surface area contributed by atoms with Gasteiger partial charge in [-0.05, 0) is 44.4 Å². The Labute approximate surface area is 115 Å². The van der Waals surface area contributed by atoms with Crippen molar-refractivity contribution in [3.8, 4) is 0 Å². The Bertz CT molecular complexity index is 378. The Balaban J connectivity index is 2.23. The first-order valence-corrected chi connectivity index (χ1v) is 8.05. The van der Waals surface area contributed by atoms with Gasteiger partial charge in [0.05, 0.1) is 5.69 Å². The van der Waals surface area contributed by atoms with Gasteiger partial charge in [-0.15, -0.1) is 11.3 Å². The topological polar surface area (TPSA) is 22.1 Å². The van der Waals surface area contributed by atoms with E-state index in [9.17, 15) is 0 Å². The van der Waals surface area contributed by atoms with E-state index >= 15 is 0 Å². The molecule has 18 heavy (non-hydrogen) atoms. The number of ether oxygens (including phenoxy) is 1. The van der Waals surface area contributed by atoms with Crippen LogP contribution in [-0.2, 0) is 10.3 Å². The predicted molar refractivity (Wildman–Crippen MR) is 77.1 cm³/mol. The molecule has 1 aliphatic rings. The standard InChI is InChI=1S/C15H25NOS/c1-5-17-15(8-6-12(4)7-9-15)14-16-13(10-18-14)11(2)3/h10-12H,5-9H2,1-4H3. The number of nitrogens with zero attached hydrogens (tertiary/aromatic N) is 1. The molecule has 0 aromatic carbocycles. The Morgan fingerprint density at radius 3 is 2.61 bits per heavy atom. The molecule has 1 aliphatic carbocycles. The molecule has 0 aliphatic heterocycles. The Hall–Kier alpha value is -0.410. The summed E-state index contributed by atoms with van der Waals surface area (Å²) in [6.07, 6.45) is 4.79. The average Bonchev–Trinajstić information content (AvgIpc) is 2.83. The zero-order chi connectivity index (χ0) is 13.2. The Morgan fingerprint density at radius 1 is 1.44 bits per heavy atom. The van der Waals surface area contributed by atoms with Crippen molar-refractivity contribution in [1.82, 2.24) is 4.98 Å². The number of hydrogen-bond acceptors (Lipinski definition) is 3. The van der Waals surface area contributed by atoms with E-state index in [1.165, 1.54) is 23.5 Å². The predicted octanol–water partition coefficient (Wildman–Crippen LogP) is 4.71. The Morgan fingerprint density at radius 2 is 2.11 bits per heavy atom. The summed E-state index contributed by atoms with van der Waals surface area (Å²) in [6, 6.07) is 0. The molecule has 0 bridgehead atoms. The minimum atomic E-state index is -0.0843. The summed E-state index contributed by atoms with van der Waals surface area (Å²) in [4.78, 5) is 4.84. The van der Waals surface area contributed by atoms with Gasteiger partial charge in [0.25, 0.3) is 0 Å². The van der Waals surface area contributed by atoms with E-state index in [-0.39, 0.29) is 5.60 Å². The van der Waals surface area contributed by atoms with Crippen molar-refractivity contribution in [3.05, 3.63) is 16.1 Å². The van der Waals surface area contributed by atoms with Gasteiger partial charge in [-0.25, -0.2) is 4.98 Å². The van der Waals surface area contributed by atoms with Crippen molar-refractivity contribution in [2.24, 2.45) is 5.92 Å². The van der Waals surface area contributed by atoms with Crippen molar-refractivity contribution in [3.63, 3.8) is 0 Å². The average molecular weight is 267 g/mol. The molecule has 0 radical (unpaired) electrons. The van der Waals surface area contributed by atoms with Gasteiger partial charge in [0, 0.05) is 12.0 Å². The van der Waals surface area contributed by atoms with Crippen molar-refractivity contribution >= 4 is 11.3 Å². The molecule has 0 N–H and O–H groups in total. The monoisotopic (exact) mass is 267 g/mol. The van der Waals surface area contributed by atoms with Crippen LogP contribution in [0.25, 0.3) is 0 Å². The Kier molecular flexibility index (Phi) is 4.44. The fraction of sp³-hybridized carbons (Fsp3) is 0.800. The highest BCUT2D eigenvalue weighted by Gasteiger charge is 2.39. The van der Waals surface area contributed by atoms with Crippen molar-refractivity contribution in [1.29, 1.82) is 0 Å². The van der Waals surface area contributed by atoms with Crippen LogP contribution in [0.5, 0.6) is 0 Å². The molecule has 0 unspecified atom stereocenters. The SMILES string of the molecule is CCOC1(c2nc(C(C)C)cs2)CCC(C)CC1. The first kappa shape index (κ1) is 14.0. The highest BCUT2D eigenvalue weighted by molar-refractivity contribution is 7.09. The van der Waals surface area contributed by atoms with E-state index in [2.05, 4.69) is 33.1 Å². The maximum atomic E-state index is 6.15. The number of aromatic nitrogens is 1. The van der Waals surface area contributed by atoms with Crippen LogP contribution < -0.4 is 0 Å². The number of thiazole rings is 1. The molecule has 1 saturated carbocycles. The summed E-state index contributed by atoms with van der Waals surface area (Å²) in [5.41, 5.74) is 1.13. The molecule has 2 nitrogen and oxygen atoms in total. The fourth-order valence-electron chi connectivity index (χ4n) is 2.69. The second kappa shape index (κ2) is 5.70. The summed E-state index contributed by atoms with van der Waals surface area (Å²) < 4.78 is 6.15. The van der Waals surface area contributed by atoms with Gasteiger partial charge in [-0.3, -0.25) is 0 Å². The van der Waals surface area contributed by atoms with E-state index in [4.69, 9.17) is 9.72 Å². The van der Waals surface area contributed by atoms with Crippen LogP contribution in [0.4, 0.5) is 0 Å². The maximum absolute atomic E-state index is 6.15. The lowest BCUT2D eigenvalue weighted by Gasteiger charge is -2.37. The molecule has 0 saturated heterocycles. The maximum Gasteiger partial charge on any atom is 0.125 e.